The molecule has 2 atom stereocenters. The molecule has 11 heavy (non-hydrogen) atoms. The van der Waals surface area contributed by atoms with Crippen molar-refractivity contribution in [3.05, 3.63) is 18.0 Å². The zero-order valence-corrected chi connectivity index (χ0v) is 8.08. The zero-order chi connectivity index (χ0) is 7.84. The summed E-state index contributed by atoms with van der Waals surface area (Å²) in [5.74, 6) is 1.62. The normalized spacial score (nSPS) is 28.9. The molecule has 2 nitrogen and oxygen atoms in total. The third-order valence-corrected chi connectivity index (χ3v) is 3.19. The van der Waals surface area contributed by atoms with Crippen molar-refractivity contribution in [3.63, 3.8) is 0 Å². The lowest BCUT2D eigenvalue weighted by atomic mass is 10.2. The molecule has 2 rings (SSSR count). The Morgan fingerprint density at radius 1 is 1.82 bits per heavy atom. The van der Waals surface area contributed by atoms with Crippen LogP contribution in [0.2, 0.25) is 0 Å². The average molecular weight is 215 g/mol. The first-order valence-corrected chi connectivity index (χ1v) is 4.99. The molecule has 0 amide bonds. The Balaban J connectivity index is 2.14. The Kier molecular flexibility index (Phi) is 1.75. The number of halogens is 1. The molecule has 3 heteroatoms. The van der Waals surface area contributed by atoms with Gasteiger partial charge in [-0.15, -0.1) is 0 Å². The number of nitrogens with zero attached hydrogens (tertiary/aromatic N) is 2. The fraction of sp³-hybridized carbons (Fsp3) is 0.625. The van der Waals surface area contributed by atoms with Gasteiger partial charge in [-0.2, -0.15) is 5.10 Å². The maximum Gasteiger partial charge on any atom is 0.0492 e. The van der Waals surface area contributed by atoms with Crippen molar-refractivity contribution >= 4 is 15.9 Å². The smallest absolute Gasteiger partial charge is 0.0492 e. The largest absolute Gasteiger partial charge is 0.272 e. The van der Waals surface area contributed by atoms with Crippen LogP contribution in [-0.4, -0.2) is 15.1 Å². The number of hydrogen-bond acceptors (Lipinski definition) is 1. The van der Waals surface area contributed by atoms with Crippen molar-refractivity contribution in [2.75, 3.05) is 5.33 Å². The monoisotopic (exact) mass is 214 g/mol. The van der Waals surface area contributed by atoms with Crippen LogP contribution in [0.1, 0.15) is 18.0 Å². The first kappa shape index (κ1) is 7.35. The minimum Gasteiger partial charge on any atom is -0.272 e. The molecule has 0 saturated heterocycles. The van der Waals surface area contributed by atoms with Gasteiger partial charge in [-0.1, -0.05) is 15.9 Å². The second kappa shape index (κ2) is 2.63. The summed E-state index contributed by atoms with van der Waals surface area (Å²) in [6, 6.07) is 2.12. The Morgan fingerprint density at radius 3 is 3.09 bits per heavy atom. The summed E-state index contributed by atoms with van der Waals surface area (Å²) in [4.78, 5) is 0. The highest BCUT2D eigenvalue weighted by molar-refractivity contribution is 9.09. The summed E-state index contributed by atoms with van der Waals surface area (Å²) < 4.78 is 1.98. The van der Waals surface area contributed by atoms with E-state index in [1.54, 1.807) is 0 Å². The number of alkyl halides is 1. The fourth-order valence-corrected chi connectivity index (χ4v) is 2.24. The summed E-state index contributed by atoms with van der Waals surface area (Å²) >= 11 is 3.50. The van der Waals surface area contributed by atoms with Crippen LogP contribution in [0.25, 0.3) is 0 Å². The van der Waals surface area contributed by atoms with Gasteiger partial charge in [0, 0.05) is 30.2 Å². The second-order valence-corrected chi connectivity index (χ2v) is 3.78. The minimum atomic E-state index is 0.766. The minimum absolute atomic E-state index is 0.766. The van der Waals surface area contributed by atoms with Crippen LogP contribution in [0, 0.1) is 5.92 Å². The Morgan fingerprint density at radius 2 is 2.64 bits per heavy atom. The predicted octanol–water partition coefficient (Wildman–Crippen LogP) is 1.92. The van der Waals surface area contributed by atoms with Gasteiger partial charge < -0.3 is 0 Å². The topological polar surface area (TPSA) is 17.8 Å². The average Bonchev–Trinajstić information content (AvgIpc) is 2.68. The van der Waals surface area contributed by atoms with E-state index in [1.807, 2.05) is 17.9 Å². The highest BCUT2D eigenvalue weighted by Gasteiger charge is 2.38. The van der Waals surface area contributed by atoms with Crippen molar-refractivity contribution in [1.82, 2.24) is 9.78 Å². The van der Waals surface area contributed by atoms with Crippen LogP contribution >= 0.6 is 15.9 Å². The zero-order valence-electron chi connectivity index (χ0n) is 6.50. The SMILES string of the molecule is Cn1nccc1C1CC1CBr. The van der Waals surface area contributed by atoms with E-state index in [4.69, 9.17) is 0 Å². The lowest BCUT2D eigenvalue weighted by molar-refractivity contribution is 0.702. The summed E-state index contributed by atoms with van der Waals surface area (Å²) in [5, 5.41) is 5.28. The van der Waals surface area contributed by atoms with E-state index in [1.165, 1.54) is 12.1 Å². The van der Waals surface area contributed by atoms with Gasteiger partial charge in [-0.3, -0.25) is 4.68 Å². The highest BCUT2D eigenvalue weighted by Crippen LogP contribution is 2.47. The Bertz CT molecular complexity index is 256. The molecule has 1 aliphatic rings. The molecule has 1 aromatic rings. The van der Waals surface area contributed by atoms with Crippen LogP contribution in [0.5, 0.6) is 0 Å². The van der Waals surface area contributed by atoms with Gasteiger partial charge in [-0.25, -0.2) is 0 Å². The van der Waals surface area contributed by atoms with Crippen molar-refractivity contribution in [1.29, 1.82) is 0 Å². The predicted molar refractivity (Wildman–Crippen MR) is 47.9 cm³/mol. The molecule has 2 unspecified atom stereocenters. The molecular weight excluding hydrogens is 204 g/mol. The third-order valence-electron chi connectivity index (χ3n) is 2.36. The standard InChI is InChI=1S/C8H11BrN2/c1-11-8(2-3-10-11)7-4-6(7)5-9/h2-3,6-7H,4-5H2,1H3. The van der Waals surface area contributed by atoms with E-state index in [9.17, 15) is 0 Å². The number of hydrogen-bond donors (Lipinski definition) is 0. The van der Waals surface area contributed by atoms with Gasteiger partial charge in [0.1, 0.15) is 0 Å². The molecular formula is C8H11BrN2. The van der Waals surface area contributed by atoms with E-state index in [2.05, 4.69) is 27.1 Å². The van der Waals surface area contributed by atoms with Crippen LogP contribution < -0.4 is 0 Å². The summed E-state index contributed by atoms with van der Waals surface area (Å²) in [5.41, 5.74) is 1.38. The van der Waals surface area contributed by atoms with Gasteiger partial charge >= 0.3 is 0 Å². The maximum absolute atomic E-state index is 4.15. The lowest BCUT2D eigenvalue weighted by Crippen LogP contribution is -1.97. The van der Waals surface area contributed by atoms with E-state index in [0.717, 1.165) is 17.2 Å². The van der Waals surface area contributed by atoms with Gasteiger partial charge in [-0.05, 0) is 18.4 Å². The second-order valence-electron chi connectivity index (χ2n) is 3.14. The maximum atomic E-state index is 4.15. The van der Waals surface area contributed by atoms with E-state index >= 15 is 0 Å². The fourth-order valence-electron chi connectivity index (χ4n) is 1.53. The molecule has 1 aromatic heterocycles. The number of rotatable bonds is 2. The van der Waals surface area contributed by atoms with Crippen molar-refractivity contribution in [2.45, 2.75) is 12.3 Å². The van der Waals surface area contributed by atoms with Crippen LogP contribution in [-0.2, 0) is 7.05 Å². The van der Waals surface area contributed by atoms with Crippen molar-refractivity contribution in [2.24, 2.45) is 13.0 Å². The number of aromatic nitrogens is 2. The summed E-state index contributed by atoms with van der Waals surface area (Å²) in [7, 11) is 2.01. The third kappa shape index (κ3) is 1.22. The van der Waals surface area contributed by atoms with E-state index in [0.29, 0.717) is 0 Å². The Labute approximate surface area is 74.7 Å². The van der Waals surface area contributed by atoms with Gasteiger partial charge in [0.2, 0.25) is 0 Å². The van der Waals surface area contributed by atoms with Crippen molar-refractivity contribution < 1.29 is 0 Å². The first-order valence-electron chi connectivity index (χ1n) is 3.87. The van der Waals surface area contributed by atoms with Crippen LogP contribution in [0.3, 0.4) is 0 Å². The lowest BCUT2D eigenvalue weighted by Gasteiger charge is -1.97. The molecule has 1 heterocycles. The molecule has 1 aliphatic carbocycles. The van der Waals surface area contributed by atoms with Crippen LogP contribution in [0.4, 0.5) is 0 Å². The van der Waals surface area contributed by atoms with E-state index < -0.39 is 0 Å². The molecule has 0 aliphatic heterocycles. The molecule has 0 bridgehead atoms. The molecule has 0 aromatic carbocycles. The summed E-state index contributed by atoms with van der Waals surface area (Å²) in [6.45, 7) is 0. The van der Waals surface area contributed by atoms with Gasteiger partial charge in [0.25, 0.3) is 0 Å². The quantitative estimate of drug-likeness (QED) is 0.689. The van der Waals surface area contributed by atoms with E-state index in [-0.39, 0.29) is 0 Å². The molecule has 1 saturated carbocycles. The molecule has 0 radical (unpaired) electrons. The molecule has 60 valence electrons. The Hall–Kier alpha value is -0.310. The molecule has 0 N–H and O–H groups in total. The molecule has 0 spiro atoms. The van der Waals surface area contributed by atoms with Gasteiger partial charge in [0.05, 0.1) is 0 Å². The summed E-state index contributed by atoms with van der Waals surface area (Å²) in [6.07, 6.45) is 3.20. The highest BCUT2D eigenvalue weighted by atomic mass is 79.9. The first-order chi connectivity index (χ1) is 5.33. The number of aryl methyl sites for hydroxylation is 1. The van der Waals surface area contributed by atoms with Crippen molar-refractivity contribution in [3.8, 4) is 0 Å². The van der Waals surface area contributed by atoms with Crippen LogP contribution in [0.15, 0.2) is 12.3 Å². The van der Waals surface area contributed by atoms with Gasteiger partial charge in [0.15, 0.2) is 0 Å². The molecule has 1 fully saturated rings.